The van der Waals surface area contributed by atoms with Crippen molar-refractivity contribution in [1.29, 1.82) is 0 Å². The molecule has 2 rings (SSSR count). The first-order valence-corrected chi connectivity index (χ1v) is 5.11. The Kier molecular flexibility index (Phi) is 2.39. The number of pyridine rings is 1. The van der Waals surface area contributed by atoms with Gasteiger partial charge in [0.25, 0.3) is 0 Å². The fraction of sp³-hybridized carbons (Fsp3) is 0. The monoisotopic (exact) mass is 194 g/mol. The molecule has 0 aliphatic carbocycles. The summed E-state index contributed by atoms with van der Waals surface area (Å²) in [5.41, 5.74) is 1.84. The van der Waals surface area contributed by atoms with Crippen LogP contribution in [0.4, 0.5) is 0 Å². The lowest BCUT2D eigenvalue weighted by Crippen LogP contribution is -1.70. The first kappa shape index (κ1) is 7.76. The van der Waals surface area contributed by atoms with Gasteiger partial charge >= 0.3 is 0 Å². The standard InChI is InChI=1S/C8H6N2S2/c1-3-9-4-2-7(1)12-8-5-10-6-11-8/h1-6H. The lowest BCUT2D eigenvalue weighted by Gasteiger charge is -1.94. The maximum Gasteiger partial charge on any atom is 0.0845 e. The number of hydrogen-bond donors (Lipinski definition) is 0. The Morgan fingerprint density at radius 3 is 2.67 bits per heavy atom. The molecule has 2 aromatic heterocycles. The first-order valence-electron chi connectivity index (χ1n) is 3.41. The molecule has 0 saturated carbocycles. The van der Waals surface area contributed by atoms with Crippen LogP contribution in [-0.2, 0) is 0 Å². The predicted octanol–water partition coefficient (Wildman–Crippen LogP) is 2.69. The van der Waals surface area contributed by atoms with Crippen LogP contribution < -0.4 is 0 Å². The highest BCUT2D eigenvalue weighted by Gasteiger charge is 1.96. The molecule has 0 aliphatic heterocycles. The van der Waals surface area contributed by atoms with E-state index in [2.05, 4.69) is 9.97 Å². The van der Waals surface area contributed by atoms with Crippen molar-refractivity contribution in [2.75, 3.05) is 0 Å². The van der Waals surface area contributed by atoms with E-state index in [0.29, 0.717) is 0 Å². The van der Waals surface area contributed by atoms with Gasteiger partial charge in [-0.05, 0) is 12.1 Å². The van der Waals surface area contributed by atoms with Gasteiger partial charge in [0, 0.05) is 17.3 Å². The third-order valence-corrected chi connectivity index (χ3v) is 3.20. The van der Waals surface area contributed by atoms with Gasteiger partial charge < -0.3 is 0 Å². The van der Waals surface area contributed by atoms with Gasteiger partial charge in [-0.1, -0.05) is 11.8 Å². The van der Waals surface area contributed by atoms with Crippen molar-refractivity contribution in [1.82, 2.24) is 9.97 Å². The largest absolute Gasteiger partial charge is 0.265 e. The Morgan fingerprint density at radius 2 is 2.00 bits per heavy atom. The summed E-state index contributed by atoms with van der Waals surface area (Å²) in [4.78, 5) is 9.15. The average Bonchev–Trinajstić information content (AvgIpc) is 2.59. The molecule has 0 unspecified atom stereocenters. The Balaban J connectivity index is 2.15. The molecule has 0 aromatic carbocycles. The Bertz CT molecular complexity index is 331. The normalized spacial score (nSPS) is 10.0. The fourth-order valence-electron chi connectivity index (χ4n) is 0.777. The molecule has 0 amide bonds. The predicted molar refractivity (Wildman–Crippen MR) is 50.5 cm³/mol. The van der Waals surface area contributed by atoms with Crippen molar-refractivity contribution >= 4 is 23.1 Å². The smallest absolute Gasteiger partial charge is 0.0845 e. The van der Waals surface area contributed by atoms with Gasteiger partial charge in [0.15, 0.2) is 0 Å². The maximum atomic E-state index is 4.00. The third-order valence-electron chi connectivity index (χ3n) is 1.28. The zero-order valence-corrected chi connectivity index (χ0v) is 7.81. The van der Waals surface area contributed by atoms with Crippen LogP contribution in [0.3, 0.4) is 0 Å². The highest BCUT2D eigenvalue weighted by molar-refractivity contribution is 8.01. The van der Waals surface area contributed by atoms with Crippen LogP contribution in [0.1, 0.15) is 0 Å². The first-order chi connectivity index (χ1) is 5.95. The minimum Gasteiger partial charge on any atom is -0.265 e. The van der Waals surface area contributed by atoms with E-state index in [4.69, 9.17) is 0 Å². The minimum absolute atomic E-state index is 1.20. The third kappa shape index (κ3) is 1.84. The average molecular weight is 194 g/mol. The molecule has 0 saturated heterocycles. The summed E-state index contributed by atoms with van der Waals surface area (Å²) in [7, 11) is 0. The fourth-order valence-corrected chi connectivity index (χ4v) is 2.34. The van der Waals surface area contributed by atoms with Gasteiger partial charge in [-0.15, -0.1) is 11.3 Å². The molecule has 0 aliphatic rings. The highest BCUT2D eigenvalue weighted by Crippen LogP contribution is 2.29. The highest BCUT2D eigenvalue weighted by atomic mass is 32.2. The van der Waals surface area contributed by atoms with Crippen molar-refractivity contribution in [2.45, 2.75) is 9.10 Å². The van der Waals surface area contributed by atoms with Crippen molar-refractivity contribution < 1.29 is 0 Å². The number of hydrogen-bond acceptors (Lipinski definition) is 4. The van der Waals surface area contributed by atoms with Crippen LogP contribution in [0.2, 0.25) is 0 Å². The number of nitrogens with zero attached hydrogens (tertiary/aromatic N) is 2. The summed E-state index contributed by atoms with van der Waals surface area (Å²) >= 11 is 3.36. The summed E-state index contributed by atoms with van der Waals surface area (Å²) in [5.74, 6) is 0. The van der Waals surface area contributed by atoms with Gasteiger partial charge in [0.05, 0.1) is 15.9 Å². The second-order valence-electron chi connectivity index (χ2n) is 2.11. The molecule has 0 fully saturated rings. The molecule has 60 valence electrons. The lowest BCUT2D eigenvalue weighted by atomic mass is 10.5. The second-order valence-corrected chi connectivity index (χ2v) is 4.37. The molecule has 4 heteroatoms. The zero-order valence-electron chi connectivity index (χ0n) is 6.18. The van der Waals surface area contributed by atoms with Crippen molar-refractivity contribution in [3.63, 3.8) is 0 Å². The van der Waals surface area contributed by atoms with Crippen molar-refractivity contribution in [2.24, 2.45) is 0 Å². The van der Waals surface area contributed by atoms with Gasteiger partial charge in [-0.2, -0.15) is 0 Å². The Morgan fingerprint density at radius 1 is 1.17 bits per heavy atom. The molecule has 0 bridgehead atoms. The second kappa shape index (κ2) is 3.69. The van der Waals surface area contributed by atoms with E-state index in [1.54, 1.807) is 35.5 Å². The van der Waals surface area contributed by atoms with Gasteiger partial charge in [-0.3, -0.25) is 9.97 Å². The summed E-state index contributed by atoms with van der Waals surface area (Å²) in [6, 6.07) is 3.98. The van der Waals surface area contributed by atoms with Crippen LogP contribution in [0.5, 0.6) is 0 Å². The van der Waals surface area contributed by atoms with E-state index >= 15 is 0 Å². The summed E-state index contributed by atoms with van der Waals surface area (Å²) in [6.07, 6.45) is 5.46. The van der Waals surface area contributed by atoms with Crippen molar-refractivity contribution in [3.05, 3.63) is 36.2 Å². The van der Waals surface area contributed by atoms with Gasteiger partial charge in [0.2, 0.25) is 0 Å². The maximum absolute atomic E-state index is 4.00. The zero-order chi connectivity index (χ0) is 8.23. The summed E-state index contributed by atoms with van der Waals surface area (Å²) in [5, 5.41) is 0. The van der Waals surface area contributed by atoms with Crippen molar-refractivity contribution in [3.8, 4) is 0 Å². The quantitative estimate of drug-likeness (QED) is 0.735. The van der Waals surface area contributed by atoms with E-state index in [-0.39, 0.29) is 0 Å². The SMILES string of the molecule is c1cc(Sc2cncs2)ccn1. The van der Waals surface area contributed by atoms with Gasteiger partial charge in [-0.25, -0.2) is 0 Å². The molecular weight excluding hydrogens is 188 g/mol. The molecule has 0 radical (unpaired) electrons. The van der Waals surface area contributed by atoms with Crippen LogP contribution in [0, 0.1) is 0 Å². The van der Waals surface area contributed by atoms with E-state index in [9.17, 15) is 0 Å². The molecule has 12 heavy (non-hydrogen) atoms. The van der Waals surface area contributed by atoms with Crippen LogP contribution in [-0.4, -0.2) is 9.97 Å². The van der Waals surface area contributed by atoms with Crippen LogP contribution >= 0.6 is 23.1 Å². The number of thiazole rings is 1. The molecule has 0 N–H and O–H groups in total. The van der Waals surface area contributed by atoms with E-state index in [1.165, 1.54) is 9.10 Å². The van der Waals surface area contributed by atoms with E-state index in [1.807, 2.05) is 23.8 Å². The Hall–Kier alpha value is -0.870. The topological polar surface area (TPSA) is 25.8 Å². The van der Waals surface area contributed by atoms with Crippen LogP contribution in [0.25, 0.3) is 0 Å². The number of aromatic nitrogens is 2. The molecule has 2 aromatic rings. The van der Waals surface area contributed by atoms with E-state index in [0.717, 1.165) is 0 Å². The van der Waals surface area contributed by atoms with E-state index < -0.39 is 0 Å². The Labute approximate surface area is 78.7 Å². The molecule has 0 spiro atoms. The molecule has 0 atom stereocenters. The minimum atomic E-state index is 1.20. The summed E-state index contributed by atoms with van der Waals surface area (Å²) in [6.45, 7) is 0. The molecule has 2 nitrogen and oxygen atoms in total. The number of rotatable bonds is 2. The molecule has 2 heterocycles. The molecular formula is C8H6N2S2. The lowest BCUT2D eigenvalue weighted by molar-refractivity contribution is 1.26. The van der Waals surface area contributed by atoms with Crippen LogP contribution in [0.15, 0.2) is 45.3 Å². The van der Waals surface area contributed by atoms with Gasteiger partial charge in [0.1, 0.15) is 0 Å². The summed E-state index contributed by atoms with van der Waals surface area (Å²) < 4.78 is 1.21.